The molecule has 0 bridgehead atoms. The molecule has 2 nitrogen and oxygen atoms in total. The van der Waals surface area contributed by atoms with Crippen molar-refractivity contribution in [1.82, 2.24) is 0 Å². The number of benzene rings is 1. The maximum absolute atomic E-state index is 5.98. The summed E-state index contributed by atoms with van der Waals surface area (Å²) in [6.07, 6.45) is 0.108. The van der Waals surface area contributed by atoms with E-state index in [2.05, 4.69) is 26.0 Å². The van der Waals surface area contributed by atoms with Gasteiger partial charge in [-0.25, -0.2) is 0 Å². The second-order valence-electron chi connectivity index (χ2n) is 3.82. The maximum Gasteiger partial charge on any atom is 0.125 e. The van der Waals surface area contributed by atoms with Gasteiger partial charge in [-0.1, -0.05) is 6.07 Å². The van der Waals surface area contributed by atoms with Gasteiger partial charge in [0.2, 0.25) is 0 Å². The Bertz CT molecular complexity index is 346. The molecule has 2 rings (SSSR count). The van der Waals surface area contributed by atoms with Gasteiger partial charge in [-0.05, 0) is 38.0 Å². The molecule has 1 heterocycles. The molecule has 2 heteroatoms. The molecule has 1 aliphatic heterocycles. The molecule has 0 saturated heterocycles. The lowest BCUT2D eigenvalue weighted by Gasteiger charge is -2.07. The molecule has 0 radical (unpaired) electrons. The summed E-state index contributed by atoms with van der Waals surface area (Å²) in [5.74, 6) is 0.961. The summed E-state index contributed by atoms with van der Waals surface area (Å²) < 4.78 is 5.63. The Hall–Kier alpha value is -1.02. The van der Waals surface area contributed by atoms with E-state index in [0.717, 1.165) is 11.3 Å². The number of rotatable bonds is 0. The standard InChI is InChI=1S/C11H15NO/c1-6-4-9-10(5-7(6)2)13-8(3)11(9)12/h4-5,8,11H,12H2,1-3H3. The molecular weight excluding hydrogens is 162 g/mol. The molecule has 2 atom stereocenters. The van der Waals surface area contributed by atoms with E-state index in [1.807, 2.05) is 6.92 Å². The molecule has 1 aromatic rings. The van der Waals surface area contributed by atoms with Crippen molar-refractivity contribution >= 4 is 0 Å². The first kappa shape index (κ1) is 8.57. The summed E-state index contributed by atoms with van der Waals surface area (Å²) in [7, 11) is 0. The summed E-state index contributed by atoms with van der Waals surface area (Å²) in [6.45, 7) is 6.20. The van der Waals surface area contributed by atoms with Crippen LogP contribution in [0, 0.1) is 13.8 Å². The van der Waals surface area contributed by atoms with Gasteiger partial charge in [-0.2, -0.15) is 0 Å². The monoisotopic (exact) mass is 177 g/mol. The number of nitrogens with two attached hydrogens (primary N) is 1. The van der Waals surface area contributed by atoms with E-state index in [1.165, 1.54) is 11.1 Å². The highest BCUT2D eigenvalue weighted by Gasteiger charge is 2.28. The molecule has 1 aromatic carbocycles. The smallest absolute Gasteiger partial charge is 0.125 e. The van der Waals surface area contributed by atoms with Gasteiger partial charge in [0.25, 0.3) is 0 Å². The van der Waals surface area contributed by atoms with Crippen molar-refractivity contribution in [3.63, 3.8) is 0 Å². The van der Waals surface area contributed by atoms with Crippen molar-refractivity contribution in [2.75, 3.05) is 0 Å². The lowest BCUT2D eigenvalue weighted by Crippen LogP contribution is -2.21. The van der Waals surface area contributed by atoms with Crippen molar-refractivity contribution in [1.29, 1.82) is 0 Å². The largest absolute Gasteiger partial charge is 0.488 e. The Labute approximate surface area is 78.7 Å². The number of ether oxygens (including phenoxy) is 1. The van der Waals surface area contributed by atoms with Gasteiger partial charge in [0, 0.05) is 5.56 Å². The van der Waals surface area contributed by atoms with E-state index < -0.39 is 0 Å². The first-order chi connectivity index (χ1) is 6.09. The SMILES string of the molecule is Cc1cc2c(cc1C)C(N)C(C)O2. The van der Waals surface area contributed by atoms with Crippen LogP contribution in [0.2, 0.25) is 0 Å². The van der Waals surface area contributed by atoms with Crippen molar-refractivity contribution < 1.29 is 4.74 Å². The summed E-state index contributed by atoms with van der Waals surface area (Å²) in [5.41, 5.74) is 9.68. The molecule has 0 spiro atoms. The molecule has 2 unspecified atom stereocenters. The van der Waals surface area contributed by atoms with Crippen LogP contribution in [0.25, 0.3) is 0 Å². The van der Waals surface area contributed by atoms with Gasteiger partial charge >= 0.3 is 0 Å². The predicted molar refractivity (Wildman–Crippen MR) is 52.9 cm³/mol. The maximum atomic E-state index is 5.98. The fourth-order valence-corrected chi connectivity index (χ4v) is 1.70. The third-order valence-electron chi connectivity index (χ3n) is 2.80. The number of aryl methyl sites for hydroxylation is 2. The molecular formula is C11H15NO. The van der Waals surface area contributed by atoms with Crippen LogP contribution in [0.3, 0.4) is 0 Å². The van der Waals surface area contributed by atoms with Gasteiger partial charge in [0.1, 0.15) is 11.9 Å². The third-order valence-corrected chi connectivity index (χ3v) is 2.80. The van der Waals surface area contributed by atoms with Crippen LogP contribution in [0.1, 0.15) is 29.7 Å². The Morgan fingerprint density at radius 3 is 2.54 bits per heavy atom. The van der Waals surface area contributed by atoms with E-state index >= 15 is 0 Å². The number of hydrogen-bond donors (Lipinski definition) is 1. The van der Waals surface area contributed by atoms with Gasteiger partial charge in [0.05, 0.1) is 6.04 Å². The van der Waals surface area contributed by atoms with E-state index in [1.54, 1.807) is 0 Å². The highest BCUT2D eigenvalue weighted by atomic mass is 16.5. The van der Waals surface area contributed by atoms with Crippen LogP contribution in [0.5, 0.6) is 5.75 Å². The Kier molecular flexibility index (Phi) is 1.81. The number of hydrogen-bond acceptors (Lipinski definition) is 2. The average molecular weight is 177 g/mol. The van der Waals surface area contributed by atoms with Gasteiger partial charge in [-0.15, -0.1) is 0 Å². The molecule has 0 aliphatic carbocycles. The second kappa shape index (κ2) is 2.74. The Balaban J connectivity index is 2.53. The summed E-state index contributed by atoms with van der Waals surface area (Å²) in [6, 6.07) is 4.25. The minimum Gasteiger partial charge on any atom is -0.488 e. The predicted octanol–water partition coefficient (Wildman–Crippen LogP) is 2.08. The van der Waals surface area contributed by atoms with Crippen LogP contribution in [-0.2, 0) is 0 Å². The molecule has 0 aromatic heterocycles. The molecule has 70 valence electrons. The lowest BCUT2D eigenvalue weighted by molar-refractivity contribution is 0.228. The van der Waals surface area contributed by atoms with Crippen LogP contribution in [0.4, 0.5) is 0 Å². The minimum atomic E-state index is 0.0364. The van der Waals surface area contributed by atoms with Crippen LogP contribution in [-0.4, -0.2) is 6.10 Å². The molecule has 1 aliphatic rings. The zero-order chi connectivity index (χ0) is 9.59. The number of fused-ring (bicyclic) bond motifs is 1. The lowest BCUT2D eigenvalue weighted by atomic mass is 10.0. The topological polar surface area (TPSA) is 35.2 Å². The highest BCUT2D eigenvalue weighted by molar-refractivity contribution is 5.46. The molecule has 0 saturated carbocycles. The van der Waals surface area contributed by atoms with Crippen molar-refractivity contribution in [3.8, 4) is 5.75 Å². The minimum absolute atomic E-state index is 0.0364. The zero-order valence-corrected chi connectivity index (χ0v) is 8.29. The van der Waals surface area contributed by atoms with Crippen molar-refractivity contribution in [2.24, 2.45) is 5.73 Å². The summed E-state index contributed by atoms with van der Waals surface area (Å²) >= 11 is 0. The van der Waals surface area contributed by atoms with Crippen molar-refractivity contribution in [3.05, 3.63) is 28.8 Å². The highest BCUT2D eigenvalue weighted by Crippen LogP contribution is 2.36. The molecule has 2 N–H and O–H groups in total. The molecule has 0 fully saturated rings. The van der Waals surface area contributed by atoms with Crippen LogP contribution >= 0.6 is 0 Å². The van der Waals surface area contributed by atoms with Crippen LogP contribution in [0.15, 0.2) is 12.1 Å². The molecule has 0 amide bonds. The van der Waals surface area contributed by atoms with Gasteiger partial charge in [-0.3, -0.25) is 0 Å². The van der Waals surface area contributed by atoms with E-state index in [9.17, 15) is 0 Å². The quantitative estimate of drug-likeness (QED) is 0.658. The zero-order valence-electron chi connectivity index (χ0n) is 8.29. The first-order valence-corrected chi connectivity index (χ1v) is 4.63. The summed E-state index contributed by atoms with van der Waals surface area (Å²) in [4.78, 5) is 0. The Morgan fingerprint density at radius 2 is 1.85 bits per heavy atom. The normalized spacial score (nSPS) is 25.5. The van der Waals surface area contributed by atoms with Crippen LogP contribution < -0.4 is 10.5 Å². The second-order valence-corrected chi connectivity index (χ2v) is 3.82. The fourth-order valence-electron chi connectivity index (χ4n) is 1.70. The molecule has 13 heavy (non-hydrogen) atoms. The average Bonchev–Trinajstić information content (AvgIpc) is 2.32. The Morgan fingerprint density at radius 1 is 1.23 bits per heavy atom. The van der Waals surface area contributed by atoms with E-state index in [4.69, 9.17) is 10.5 Å². The summed E-state index contributed by atoms with van der Waals surface area (Å²) in [5, 5.41) is 0. The van der Waals surface area contributed by atoms with E-state index in [0.29, 0.717) is 0 Å². The fraction of sp³-hybridized carbons (Fsp3) is 0.455. The first-order valence-electron chi connectivity index (χ1n) is 4.63. The third kappa shape index (κ3) is 1.22. The van der Waals surface area contributed by atoms with Gasteiger partial charge in [0.15, 0.2) is 0 Å². The van der Waals surface area contributed by atoms with Gasteiger partial charge < -0.3 is 10.5 Å². The van der Waals surface area contributed by atoms with Crippen molar-refractivity contribution in [2.45, 2.75) is 32.9 Å². The van der Waals surface area contributed by atoms with E-state index in [-0.39, 0.29) is 12.1 Å².